The van der Waals surface area contributed by atoms with Crippen LogP contribution in [0.4, 0.5) is 15.3 Å². The monoisotopic (exact) mass is 298 g/mol. The Labute approximate surface area is 121 Å². The fraction of sp³-hybridized carbons (Fsp3) is 0.455. The second-order valence-electron chi connectivity index (χ2n) is 4.33. The van der Waals surface area contributed by atoms with Crippen molar-refractivity contribution in [2.75, 3.05) is 32.5 Å². The lowest BCUT2D eigenvalue weighted by molar-refractivity contribution is -0.137. The van der Waals surface area contributed by atoms with Crippen molar-refractivity contribution in [2.24, 2.45) is 0 Å². The van der Waals surface area contributed by atoms with Gasteiger partial charge in [0.25, 0.3) is 0 Å². The van der Waals surface area contributed by atoms with Crippen LogP contribution in [0.1, 0.15) is 0 Å². The molecule has 0 aromatic carbocycles. The van der Waals surface area contributed by atoms with Gasteiger partial charge in [0.15, 0.2) is 0 Å². The highest BCUT2D eigenvalue weighted by atomic mass is 16.4. The molecule has 0 bridgehead atoms. The first-order valence-corrected chi connectivity index (χ1v) is 6.12. The zero-order valence-electron chi connectivity index (χ0n) is 11.8. The van der Waals surface area contributed by atoms with Gasteiger partial charge in [0.1, 0.15) is 6.54 Å². The van der Waals surface area contributed by atoms with Gasteiger partial charge in [-0.3, -0.25) is 9.48 Å². The third kappa shape index (κ3) is 6.27. The van der Waals surface area contributed by atoms with Crippen molar-refractivity contribution in [1.29, 1.82) is 0 Å². The summed E-state index contributed by atoms with van der Waals surface area (Å²) in [6.45, 7) is 0.275. The molecular weight excluding hydrogens is 280 g/mol. The average Bonchev–Trinajstić information content (AvgIpc) is 2.80. The third-order valence-electron chi connectivity index (χ3n) is 2.28. The van der Waals surface area contributed by atoms with Gasteiger partial charge >= 0.3 is 18.0 Å². The Kier molecular flexibility index (Phi) is 5.99. The Bertz CT molecular complexity index is 513. The van der Waals surface area contributed by atoms with Gasteiger partial charge in [-0.25, -0.2) is 9.59 Å². The number of nitrogens with one attached hydrogen (secondary N) is 3. The first kappa shape index (κ1) is 16.3. The SMILES string of the molecule is CN(C)C(=O)NCCNC(=O)Nc1cnn(CC(=O)O)c1. The molecule has 1 aromatic heterocycles. The lowest BCUT2D eigenvalue weighted by Gasteiger charge is -2.12. The summed E-state index contributed by atoms with van der Waals surface area (Å²) >= 11 is 0. The Morgan fingerprint density at radius 1 is 1.29 bits per heavy atom. The smallest absolute Gasteiger partial charge is 0.325 e. The molecule has 1 rings (SSSR count). The number of carboxylic acids is 1. The van der Waals surface area contributed by atoms with Crippen LogP contribution in [0.15, 0.2) is 12.4 Å². The second kappa shape index (κ2) is 7.72. The maximum atomic E-state index is 11.5. The number of rotatable bonds is 6. The van der Waals surface area contributed by atoms with Crippen molar-refractivity contribution in [2.45, 2.75) is 6.54 Å². The Hall–Kier alpha value is -2.78. The number of carbonyl (C=O) groups is 3. The van der Waals surface area contributed by atoms with Crippen molar-refractivity contribution in [3.63, 3.8) is 0 Å². The Morgan fingerprint density at radius 2 is 1.95 bits per heavy atom. The van der Waals surface area contributed by atoms with Crippen LogP contribution in [0.3, 0.4) is 0 Å². The molecule has 116 valence electrons. The number of anilines is 1. The summed E-state index contributed by atoms with van der Waals surface area (Å²) in [6, 6.07) is -0.712. The third-order valence-corrected chi connectivity index (χ3v) is 2.28. The van der Waals surface area contributed by atoms with Crippen molar-refractivity contribution >= 4 is 23.7 Å². The van der Waals surface area contributed by atoms with Gasteiger partial charge < -0.3 is 26.0 Å². The summed E-state index contributed by atoms with van der Waals surface area (Å²) in [5.74, 6) is -1.02. The highest BCUT2D eigenvalue weighted by Gasteiger charge is 2.06. The molecule has 1 heterocycles. The fourth-order valence-corrected chi connectivity index (χ4v) is 1.33. The summed E-state index contributed by atoms with van der Waals surface area (Å²) in [5.41, 5.74) is 0.381. The van der Waals surface area contributed by atoms with Gasteiger partial charge in [-0.2, -0.15) is 5.10 Å². The summed E-state index contributed by atoms with van der Waals surface area (Å²) in [6.07, 6.45) is 2.75. The molecule has 4 amide bonds. The first-order valence-electron chi connectivity index (χ1n) is 6.12. The van der Waals surface area contributed by atoms with E-state index >= 15 is 0 Å². The standard InChI is InChI=1S/C11H18N6O4/c1-16(2)11(21)13-4-3-12-10(20)15-8-5-14-17(6-8)7-9(18)19/h5-6H,3-4,7H2,1-2H3,(H,13,21)(H,18,19)(H2,12,15,20). The van der Waals surface area contributed by atoms with Crippen molar-refractivity contribution in [1.82, 2.24) is 25.3 Å². The maximum Gasteiger partial charge on any atom is 0.325 e. The van der Waals surface area contributed by atoms with Crippen LogP contribution >= 0.6 is 0 Å². The van der Waals surface area contributed by atoms with E-state index in [1.165, 1.54) is 22.0 Å². The molecule has 0 saturated carbocycles. The van der Waals surface area contributed by atoms with Crippen molar-refractivity contribution in [3.05, 3.63) is 12.4 Å². The van der Waals surface area contributed by atoms with E-state index in [4.69, 9.17) is 5.11 Å². The Morgan fingerprint density at radius 3 is 2.57 bits per heavy atom. The van der Waals surface area contributed by atoms with E-state index < -0.39 is 12.0 Å². The number of amides is 4. The quantitative estimate of drug-likeness (QED) is 0.519. The van der Waals surface area contributed by atoms with E-state index in [-0.39, 0.29) is 19.1 Å². The Balaban J connectivity index is 2.26. The molecule has 0 aliphatic heterocycles. The maximum absolute atomic E-state index is 11.5. The lowest BCUT2D eigenvalue weighted by atomic mass is 10.5. The highest BCUT2D eigenvalue weighted by molar-refractivity contribution is 5.88. The molecule has 1 aromatic rings. The number of urea groups is 2. The molecule has 21 heavy (non-hydrogen) atoms. The largest absolute Gasteiger partial charge is 0.480 e. The molecule has 0 saturated heterocycles. The molecule has 10 nitrogen and oxygen atoms in total. The molecule has 0 atom stereocenters. The average molecular weight is 298 g/mol. The van der Waals surface area contributed by atoms with E-state index in [1.807, 2.05) is 0 Å². The van der Waals surface area contributed by atoms with Crippen molar-refractivity contribution in [3.8, 4) is 0 Å². The summed E-state index contributed by atoms with van der Waals surface area (Å²) in [5, 5.41) is 20.0. The normalized spacial score (nSPS) is 9.81. The van der Waals surface area contributed by atoms with E-state index in [0.717, 1.165) is 0 Å². The van der Waals surface area contributed by atoms with Crippen LogP contribution in [-0.4, -0.2) is 65.0 Å². The lowest BCUT2D eigenvalue weighted by Crippen LogP contribution is -2.40. The molecule has 0 spiro atoms. The molecular formula is C11H18N6O4. The van der Waals surface area contributed by atoms with Crippen LogP contribution in [-0.2, 0) is 11.3 Å². The van der Waals surface area contributed by atoms with Gasteiger partial charge in [-0.1, -0.05) is 0 Å². The summed E-state index contributed by atoms with van der Waals surface area (Å²) < 4.78 is 1.19. The van der Waals surface area contributed by atoms with Crippen molar-refractivity contribution < 1.29 is 19.5 Å². The molecule has 0 unspecified atom stereocenters. The number of carboxylic acid groups (broad SMARTS) is 1. The molecule has 0 aliphatic carbocycles. The van der Waals surface area contributed by atoms with Gasteiger partial charge in [-0.05, 0) is 0 Å². The zero-order chi connectivity index (χ0) is 15.8. The van der Waals surface area contributed by atoms with E-state index in [0.29, 0.717) is 12.2 Å². The van der Waals surface area contributed by atoms with E-state index in [1.54, 1.807) is 14.1 Å². The first-order chi connectivity index (χ1) is 9.88. The second-order valence-corrected chi connectivity index (χ2v) is 4.33. The van der Waals surface area contributed by atoms with Gasteiger partial charge in [0, 0.05) is 33.4 Å². The molecule has 0 aliphatic rings. The van der Waals surface area contributed by atoms with E-state index in [9.17, 15) is 14.4 Å². The van der Waals surface area contributed by atoms with Gasteiger partial charge in [-0.15, -0.1) is 0 Å². The molecule has 0 radical (unpaired) electrons. The van der Waals surface area contributed by atoms with Crippen LogP contribution in [0.5, 0.6) is 0 Å². The number of aliphatic carboxylic acids is 1. The topological polar surface area (TPSA) is 129 Å². The fourth-order valence-electron chi connectivity index (χ4n) is 1.33. The summed E-state index contributed by atoms with van der Waals surface area (Å²) in [7, 11) is 3.23. The number of hydrogen-bond acceptors (Lipinski definition) is 4. The van der Waals surface area contributed by atoms with Crippen LogP contribution in [0.25, 0.3) is 0 Å². The molecule has 4 N–H and O–H groups in total. The van der Waals surface area contributed by atoms with Gasteiger partial charge in [0.05, 0.1) is 11.9 Å². The number of nitrogens with zero attached hydrogens (tertiary/aromatic N) is 3. The molecule has 0 fully saturated rings. The minimum Gasteiger partial charge on any atom is -0.480 e. The van der Waals surface area contributed by atoms with E-state index in [2.05, 4.69) is 21.0 Å². The zero-order valence-corrected chi connectivity index (χ0v) is 11.8. The minimum absolute atomic E-state index is 0.243. The van der Waals surface area contributed by atoms with Crippen LogP contribution in [0, 0.1) is 0 Å². The highest BCUT2D eigenvalue weighted by Crippen LogP contribution is 2.03. The van der Waals surface area contributed by atoms with Crippen LogP contribution < -0.4 is 16.0 Å². The predicted molar refractivity (Wildman–Crippen MR) is 74.0 cm³/mol. The number of aromatic nitrogens is 2. The number of hydrogen-bond donors (Lipinski definition) is 4. The van der Waals surface area contributed by atoms with Crippen LogP contribution in [0.2, 0.25) is 0 Å². The summed E-state index contributed by atoms with van der Waals surface area (Å²) in [4.78, 5) is 34.6. The molecule has 10 heteroatoms. The van der Waals surface area contributed by atoms with Gasteiger partial charge in [0.2, 0.25) is 0 Å². The predicted octanol–water partition coefficient (Wildman–Crippen LogP) is -0.640. The minimum atomic E-state index is -1.02. The number of carbonyl (C=O) groups excluding carboxylic acids is 2.